The molecule has 0 spiro atoms. The van der Waals surface area contributed by atoms with Gasteiger partial charge in [0.05, 0.1) is 13.0 Å². The maximum Gasteiger partial charge on any atom is 0.255 e. The zero-order valence-electron chi connectivity index (χ0n) is 9.88. The lowest BCUT2D eigenvalue weighted by atomic mass is 10.1. The molecule has 0 aliphatic rings. The third-order valence-corrected chi connectivity index (χ3v) is 2.79. The van der Waals surface area contributed by atoms with Crippen molar-refractivity contribution in [2.75, 3.05) is 18.4 Å². The van der Waals surface area contributed by atoms with Gasteiger partial charge in [-0.15, -0.1) is 0 Å². The summed E-state index contributed by atoms with van der Waals surface area (Å²) in [4.78, 5) is 12.7. The molecule has 0 bridgehead atoms. The highest BCUT2D eigenvalue weighted by atomic mass is 79.9. The van der Waals surface area contributed by atoms with Crippen LogP contribution in [0.5, 0.6) is 0 Å². The largest absolute Gasteiger partial charge is 0.336 e. The summed E-state index contributed by atoms with van der Waals surface area (Å²) in [7, 11) is 0. The lowest BCUT2D eigenvalue weighted by Crippen LogP contribution is -2.37. The molecule has 0 N–H and O–H groups in total. The van der Waals surface area contributed by atoms with Crippen LogP contribution >= 0.6 is 15.9 Å². The SMILES string of the molecule is O=C(Cc1cccc(F)c1F)N(CCBr)CC(F)F. The maximum absolute atomic E-state index is 13.4. The molecule has 0 aliphatic carbocycles. The minimum Gasteiger partial charge on any atom is -0.336 e. The third kappa shape index (κ3) is 4.81. The van der Waals surface area contributed by atoms with Gasteiger partial charge in [0, 0.05) is 17.4 Å². The van der Waals surface area contributed by atoms with Gasteiger partial charge in [0.2, 0.25) is 5.91 Å². The number of hydrogen-bond acceptors (Lipinski definition) is 1. The van der Waals surface area contributed by atoms with Crippen LogP contribution in [0.1, 0.15) is 5.56 Å². The molecule has 1 aromatic rings. The zero-order valence-corrected chi connectivity index (χ0v) is 11.5. The average Bonchev–Trinajstić information content (AvgIpc) is 2.34. The van der Waals surface area contributed by atoms with E-state index in [0.717, 1.165) is 11.0 Å². The Balaban J connectivity index is 2.78. The van der Waals surface area contributed by atoms with Gasteiger partial charge in [0.15, 0.2) is 11.6 Å². The normalized spacial score (nSPS) is 10.8. The predicted octanol–water partition coefficient (Wildman–Crippen LogP) is 3.00. The van der Waals surface area contributed by atoms with E-state index in [1.54, 1.807) is 0 Å². The predicted molar refractivity (Wildman–Crippen MR) is 66.4 cm³/mol. The Morgan fingerprint density at radius 1 is 1.32 bits per heavy atom. The average molecular weight is 342 g/mol. The van der Waals surface area contributed by atoms with Crippen LogP contribution in [0, 0.1) is 11.6 Å². The van der Waals surface area contributed by atoms with E-state index in [1.807, 2.05) is 0 Å². The van der Waals surface area contributed by atoms with E-state index < -0.39 is 36.9 Å². The number of rotatable bonds is 6. The first-order valence-corrected chi connectivity index (χ1v) is 6.62. The van der Waals surface area contributed by atoms with Crippen LogP contribution in [0.4, 0.5) is 17.6 Å². The van der Waals surface area contributed by atoms with E-state index in [1.165, 1.54) is 12.1 Å². The lowest BCUT2D eigenvalue weighted by Gasteiger charge is -2.21. The number of hydrogen-bond donors (Lipinski definition) is 0. The minimum absolute atomic E-state index is 0.0834. The summed E-state index contributed by atoms with van der Waals surface area (Å²) in [6.45, 7) is -0.637. The molecule has 0 unspecified atom stereocenters. The van der Waals surface area contributed by atoms with Crippen LogP contribution in [0.15, 0.2) is 18.2 Å². The van der Waals surface area contributed by atoms with Crippen molar-refractivity contribution in [2.45, 2.75) is 12.8 Å². The van der Waals surface area contributed by atoms with Crippen molar-refractivity contribution < 1.29 is 22.4 Å². The molecule has 0 fully saturated rings. The second kappa shape index (κ2) is 7.47. The Morgan fingerprint density at radius 2 is 2.00 bits per heavy atom. The van der Waals surface area contributed by atoms with Crippen molar-refractivity contribution in [3.8, 4) is 0 Å². The standard InChI is InChI=1S/C12H12BrF4NO/c13-4-5-18(7-10(15)16)11(19)6-8-2-1-3-9(14)12(8)17/h1-3,10H,4-7H2. The molecule has 0 heterocycles. The van der Waals surface area contributed by atoms with Gasteiger partial charge in [0.1, 0.15) is 0 Å². The summed E-state index contributed by atoms with van der Waals surface area (Å²) in [6.07, 6.45) is -3.11. The number of nitrogens with zero attached hydrogens (tertiary/aromatic N) is 1. The number of halogens is 5. The van der Waals surface area contributed by atoms with E-state index in [-0.39, 0.29) is 12.1 Å². The molecule has 0 saturated carbocycles. The minimum atomic E-state index is -2.67. The summed E-state index contributed by atoms with van der Waals surface area (Å²) in [5.74, 6) is -2.85. The summed E-state index contributed by atoms with van der Waals surface area (Å²) >= 11 is 3.05. The molecule has 106 valence electrons. The second-order valence-corrected chi connectivity index (χ2v) is 4.60. The van der Waals surface area contributed by atoms with E-state index in [0.29, 0.717) is 5.33 Å². The summed E-state index contributed by atoms with van der Waals surface area (Å²) < 4.78 is 50.9. The van der Waals surface area contributed by atoms with Crippen molar-refractivity contribution >= 4 is 21.8 Å². The number of amides is 1. The number of benzene rings is 1. The Kier molecular flexibility index (Phi) is 6.27. The summed E-state index contributed by atoms with van der Waals surface area (Å²) in [5, 5.41) is 0.330. The molecule has 1 rings (SSSR count). The molecular weight excluding hydrogens is 330 g/mol. The van der Waals surface area contributed by atoms with Crippen LogP contribution in [-0.2, 0) is 11.2 Å². The van der Waals surface area contributed by atoms with Gasteiger partial charge in [-0.1, -0.05) is 28.1 Å². The van der Waals surface area contributed by atoms with Crippen LogP contribution in [-0.4, -0.2) is 35.7 Å². The highest BCUT2D eigenvalue weighted by Gasteiger charge is 2.20. The molecule has 0 radical (unpaired) electrons. The second-order valence-electron chi connectivity index (χ2n) is 3.81. The van der Waals surface area contributed by atoms with Crippen LogP contribution in [0.2, 0.25) is 0 Å². The maximum atomic E-state index is 13.4. The third-order valence-electron chi connectivity index (χ3n) is 2.44. The van der Waals surface area contributed by atoms with Gasteiger partial charge in [-0.05, 0) is 6.07 Å². The van der Waals surface area contributed by atoms with Crippen LogP contribution < -0.4 is 0 Å². The molecule has 1 aromatic carbocycles. The van der Waals surface area contributed by atoms with Gasteiger partial charge in [-0.2, -0.15) is 0 Å². The molecule has 7 heteroatoms. The van der Waals surface area contributed by atoms with Gasteiger partial charge in [-0.25, -0.2) is 17.6 Å². The van der Waals surface area contributed by atoms with E-state index >= 15 is 0 Å². The highest BCUT2D eigenvalue weighted by Crippen LogP contribution is 2.13. The van der Waals surface area contributed by atoms with Gasteiger partial charge < -0.3 is 4.90 Å². The number of alkyl halides is 3. The van der Waals surface area contributed by atoms with Gasteiger partial charge >= 0.3 is 0 Å². The Morgan fingerprint density at radius 3 is 2.58 bits per heavy atom. The lowest BCUT2D eigenvalue weighted by molar-refractivity contribution is -0.132. The fourth-order valence-corrected chi connectivity index (χ4v) is 1.97. The molecule has 1 amide bonds. The first-order valence-electron chi connectivity index (χ1n) is 5.50. The molecule has 2 nitrogen and oxygen atoms in total. The topological polar surface area (TPSA) is 20.3 Å². The van der Waals surface area contributed by atoms with Gasteiger partial charge in [-0.3, -0.25) is 4.79 Å². The van der Waals surface area contributed by atoms with Crippen LogP contribution in [0.3, 0.4) is 0 Å². The van der Waals surface area contributed by atoms with Crippen molar-refractivity contribution in [1.82, 2.24) is 4.90 Å². The fraction of sp³-hybridized carbons (Fsp3) is 0.417. The quantitative estimate of drug-likeness (QED) is 0.575. The molecule has 0 saturated heterocycles. The van der Waals surface area contributed by atoms with Gasteiger partial charge in [0.25, 0.3) is 6.43 Å². The smallest absolute Gasteiger partial charge is 0.255 e. The first-order chi connectivity index (χ1) is 8.95. The van der Waals surface area contributed by atoms with Crippen molar-refractivity contribution in [3.05, 3.63) is 35.4 Å². The van der Waals surface area contributed by atoms with Crippen molar-refractivity contribution in [3.63, 3.8) is 0 Å². The molecule has 19 heavy (non-hydrogen) atoms. The van der Waals surface area contributed by atoms with Crippen molar-refractivity contribution in [1.29, 1.82) is 0 Å². The Labute approximate surface area is 116 Å². The fourth-order valence-electron chi connectivity index (χ4n) is 1.55. The number of carbonyl (C=O) groups is 1. The Hall–Kier alpha value is -1.11. The first kappa shape index (κ1) is 15.9. The highest BCUT2D eigenvalue weighted by molar-refractivity contribution is 9.09. The summed E-state index contributed by atoms with van der Waals surface area (Å²) in [5.41, 5.74) is -0.140. The molecule has 0 aliphatic heterocycles. The van der Waals surface area contributed by atoms with E-state index in [4.69, 9.17) is 0 Å². The Bertz CT molecular complexity index is 442. The summed E-state index contributed by atoms with van der Waals surface area (Å²) in [6, 6.07) is 3.45. The van der Waals surface area contributed by atoms with Crippen molar-refractivity contribution in [2.24, 2.45) is 0 Å². The van der Waals surface area contributed by atoms with E-state index in [9.17, 15) is 22.4 Å². The molecular formula is C12H12BrF4NO. The monoisotopic (exact) mass is 341 g/mol. The molecule has 0 atom stereocenters. The molecule has 0 aromatic heterocycles. The number of carbonyl (C=O) groups excluding carboxylic acids is 1. The van der Waals surface area contributed by atoms with Crippen LogP contribution in [0.25, 0.3) is 0 Å². The zero-order chi connectivity index (χ0) is 14.4. The van der Waals surface area contributed by atoms with E-state index in [2.05, 4.69) is 15.9 Å².